The number of benzene rings is 2. The number of piperidine rings is 1. The van der Waals surface area contributed by atoms with Gasteiger partial charge in [0, 0.05) is 43.0 Å². The molecule has 186 valence electrons. The zero-order valence-electron chi connectivity index (χ0n) is 20.6. The van der Waals surface area contributed by atoms with Crippen LogP contribution in [0.25, 0.3) is 0 Å². The van der Waals surface area contributed by atoms with Crippen LogP contribution in [-0.4, -0.2) is 32.8 Å². The number of carbonyl (C=O) groups is 1. The summed E-state index contributed by atoms with van der Waals surface area (Å²) in [6.07, 6.45) is 1.92. The first-order valence-electron chi connectivity index (χ1n) is 12.5. The van der Waals surface area contributed by atoms with E-state index in [-0.39, 0.29) is 17.4 Å². The molecule has 2 bridgehead atoms. The number of carbonyl (C=O) groups excluding carboxylic acids is 1. The van der Waals surface area contributed by atoms with Gasteiger partial charge in [-0.25, -0.2) is 0 Å². The van der Waals surface area contributed by atoms with Crippen molar-refractivity contribution in [1.82, 2.24) is 9.47 Å². The number of anilines is 1. The molecule has 5 nitrogen and oxygen atoms in total. The fraction of sp³-hybridized carbons (Fsp3) is 0.345. The van der Waals surface area contributed by atoms with Crippen LogP contribution in [0.3, 0.4) is 0 Å². The second kappa shape index (κ2) is 10.6. The van der Waals surface area contributed by atoms with E-state index < -0.39 is 5.25 Å². The quantitative estimate of drug-likeness (QED) is 0.451. The molecule has 0 unspecified atom stereocenters. The summed E-state index contributed by atoms with van der Waals surface area (Å²) in [5.41, 5.74) is 5.19. The van der Waals surface area contributed by atoms with Crippen molar-refractivity contribution in [2.75, 3.05) is 18.4 Å². The van der Waals surface area contributed by atoms with Crippen molar-refractivity contribution in [2.45, 2.75) is 44.4 Å². The van der Waals surface area contributed by atoms with Crippen molar-refractivity contribution in [1.29, 1.82) is 0 Å². The van der Waals surface area contributed by atoms with Gasteiger partial charge in [0.25, 0.3) is 5.56 Å². The first-order valence-corrected chi connectivity index (χ1v) is 13.8. The van der Waals surface area contributed by atoms with Gasteiger partial charge >= 0.3 is 0 Å². The van der Waals surface area contributed by atoms with Gasteiger partial charge in [0.1, 0.15) is 9.57 Å². The van der Waals surface area contributed by atoms with Crippen LogP contribution in [0.2, 0.25) is 0 Å². The molecular formula is C29H31N3O2S2. The fourth-order valence-electron chi connectivity index (χ4n) is 5.51. The summed E-state index contributed by atoms with van der Waals surface area (Å²) < 4.78 is 2.67. The Kier molecular flexibility index (Phi) is 7.30. The van der Waals surface area contributed by atoms with Crippen LogP contribution in [-0.2, 0) is 17.8 Å². The van der Waals surface area contributed by atoms with Crippen LogP contribution in [0, 0.1) is 12.8 Å². The predicted molar refractivity (Wildman–Crippen MR) is 152 cm³/mol. The Balaban J connectivity index is 1.37. The lowest BCUT2D eigenvalue weighted by atomic mass is 9.83. The number of likely N-dealkylation sites (tertiary alicyclic amines) is 1. The highest BCUT2D eigenvalue weighted by molar-refractivity contribution is 8.23. The van der Waals surface area contributed by atoms with Crippen LogP contribution in [0.4, 0.5) is 5.69 Å². The van der Waals surface area contributed by atoms with Gasteiger partial charge in [0.05, 0.1) is 0 Å². The minimum absolute atomic E-state index is 0.0633. The third kappa shape index (κ3) is 5.00. The molecule has 36 heavy (non-hydrogen) atoms. The van der Waals surface area contributed by atoms with Crippen molar-refractivity contribution in [2.24, 2.45) is 5.92 Å². The molecule has 1 N–H and O–H groups in total. The number of thioether (sulfide) groups is 1. The van der Waals surface area contributed by atoms with Gasteiger partial charge in [-0.05, 0) is 48.4 Å². The summed E-state index contributed by atoms with van der Waals surface area (Å²) in [5, 5.41) is 2.76. The third-order valence-corrected chi connectivity index (χ3v) is 9.01. The summed E-state index contributed by atoms with van der Waals surface area (Å²) in [6, 6.07) is 21.6. The number of nitrogens with one attached hydrogen (secondary N) is 1. The molecular weight excluding hydrogens is 486 g/mol. The predicted octanol–water partition coefficient (Wildman–Crippen LogP) is 5.54. The maximum Gasteiger partial charge on any atom is 0.250 e. The Hall–Kier alpha value is -2.90. The smallest absolute Gasteiger partial charge is 0.250 e. The molecule has 1 aromatic heterocycles. The van der Waals surface area contributed by atoms with E-state index in [4.69, 9.17) is 12.2 Å². The molecule has 3 heterocycles. The van der Waals surface area contributed by atoms with Crippen LogP contribution in [0.1, 0.15) is 46.9 Å². The summed E-state index contributed by atoms with van der Waals surface area (Å²) in [6.45, 7) is 6.43. The molecule has 2 aromatic carbocycles. The monoisotopic (exact) mass is 517 g/mol. The number of aryl methyl sites for hydroxylation is 2. The number of amides is 1. The second-order valence-corrected chi connectivity index (χ2v) is 11.5. The topological polar surface area (TPSA) is 54.3 Å². The molecule has 2 aliphatic rings. The van der Waals surface area contributed by atoms with E-state index in [1.165, 1.54) is 11.8 Å². The van der Waals surface area contributed by atoms with Gasteiger partial charge in [-0.3, -0.25) is 9.59 Å². The number of para-hydroxylation sites is 1. The van der Waals surface area contributed by atoms with E-state index in [0.29, 0.717) is 5.92 Å². The second-order valence-electron chi connectivity index (χ2n) is 9.73. The van der Waals surface area contributed by atoms with E-state index in [9.17, 15) is 9.59 Å². The number of rotatable bonds is 5. The van der Waals surface area contributed by atoms with Gasteiger partial charge in [0.15, 0.2) is 0 Å². The molecule has 7 heteroatoms. The first-order chi connectivity index (χ1) is 17.4. The van der Waals surface area contributed by atoms with Gasteiger partial charge in [-0.2, -0.15) is 0 Å². The molecule has 2 aliphatic heterocycles. The Labute approximate surface area is 221 Å². The molecule has 0 saturated carbocycles. The zero-order valence-corrected chi connectivity index (χ0v) is 22.3. The lowest BCUT2D eigenvalue weighted by molar-refractivity contribution is -0.115. The lowest BCUT2D eigenvalue weighted by Gasteiger charge is -2.43. The Morgan fingerprint density at radius 1 is 1.06 bits per heavy atom. The van der Waals surface area contributed by atoms with E-state index in [0.717, 1.165) is 64.9 Å². The number of pyridine rings is 1. The van der Waals surface area contributed by atoms with Crippen LogP contribution in [0.15, 0.2) is 71.5 Å². The molecule has 3 aromatic rings. The molecule has 5 rings (SSSR count). The standard InChI is InChI=1S/C29H31N3O2S2/c1-3-21-12-7-9-19(2)26(21)30-28(34)27(22-10-5-4-6-11-22)36-29(35)31-16-20-15-23(18-31)24-13-8-14-25(33)32(24)17-20/h4-14,20,23,27H,3,15-18H2,1-2H3,(H,30,34)/t20-,23+,27+/m1/s1. The normalized spacial score (nSPS) is 19.3. The minimum Gasteiger partial charge on any atom is -0.356 e. The maximum atomic E-state index is 13.7. The van der Waals surface area contributed by atoms with Crippen molar-refractivity contribution in [3.05, 3.63) is 99.5 Å². The van der Waals surface area contributed by atoms with Gasteiger partial charge < -0.3 is 14.8 Å². The highest BCUT2D eigenvalue weighted by Crippen LogP contribution is 2.39. The van der Waals surface area contributed by atoms with E-state index in [1.54, 1.807) is 6.07 Å². The summed E-state index contributed by atoms with van der Waals surface area (Å²) >= 11 is 7.40. The molecule has 0 spiro atoms. The highest BCUT2D eigenvalue weighted by Gasteiger charge is 2.36. The maximum absolute atomic E-state index is 13.7. The molecule has 1 amide bonds. The van der Waals surface area contributed by atoms with E-state index in [1.807, 2.05) is 60.0 Å². The largest absolute Gasteiger partial charge is 0.356 e. The molecule has 1 fully saturated rings. The van der Waals surface area contributed by atoms with Crippen molar-refractivity contribution >= 4 is 39.9 Å². The Morgan fingerprint density at radius 2 is 1.83 bits per heavy atom. The summed E-state index contributed by atoms with van der Waals surface area (Å²) in [5.74, 6) is 0.581. The van der Waals surface area contributed by atoms with Gasteiger partial charge in [-0.15, -0.1) is 0 Å². The lowest BCUT2D eigenvalue weighted by Crippen LogP contribution is -2.48. The number of hydrogen-bond acceptors (Lipinski definition) is 4. The third-order valence-electron chi connectivity index (χ3n) is 7.29. The number of thiocarbonyl (C=S) groups is 1. The molecule has 1 saturated heterocycles. The Morgan fingerprint density at radius 3 is 2.61 bits per heavy atom. The fourth-order valence-corrected chi connectivity index (χ4v) is 6.91. The number of aromatic nitrogens is 1. The first kappa shape index (κ1) is 24.8. The van der Waals surface area contributed by atoms with Crippen molar-refractivity contribution < 1.29 is 4.79 Å². The van der Waals surface area contributed by atoms with E-state index in [2.05, 4.69) is 29.3 Å². The van der Waals surface area contributed by atoms with Gasteiger partial charge in [-0.1, -0.05) is 85.5 Å². The average Bonchev–Trinajstić information content (AvgIpc) is 2.89. The molecule has 3 atom stereocenters. The number of fused-ring (bicyclic) bond motifs is 4. The number of hydrogen-bond donors (Lipinski definition) is 1. The Bertz CT molecular complexity index is 1340. The zero-order chi connectivity index (χ0) is 25.2. The van der Waals surface area contributed by atoms with E-state index >= 15 is 0 Å². The van der Waals surface area contributed by atoms with Crippen LogP contribution < -0.4 is 10.9 Å². The van der Waals surface area contributed by atoms with Gasteiger partial charge in [0.2, 0.25) is 5.91 Å². The minimum atomic E-state index is -0.459. The SMILES string of the molecule is CCc1cccc(C)c1NC(=O)[C@@H](SC(=S)N1C[C@H]2C[C@@H](C1)c1cccc(=O)n1C2)c1ccccc1. The molecule has 0 radical (unpaired) electrons. The average molecular weight is 518 g/mol. The molecule has 0 aliphatic carbocycles. The van der Waals surface area contributed by atoms with Crippen molar-refractivity contribution in [3.8, 4) is 0 Å². The summed E-state index contributed by atoms with van der Waals surface area (Å²) in [7, 11) is 0. The van der Waals surface area contributed by atoms with Crippen LogP contribution >= 0.6 is 24.0 Å². The summed E-state index contributed by atoms with van der Waals surface area (Å²) in [4.78, 5) is 28.3. The van der Waals surface area contributed by atoms with Crippen molar-refractivity contribution in [3.63, 3.8) is 0 Å². The number of nitrogens with zero attached hydrogens (tertiary/aromatic N) is 2. The van der Waals surface area contributed by atoms with Crippen LogP contribution in [0.5, 0.6) is 0 Å². The highest BCUT2D eigenvalue weighted by atomic mass is 32.2.